The lowest BCUT2D eigenvalue weighted by Gasteiger charge is -2.09. The van der Waals surface area contributed by atoms with Gasteiger partial charge < -0.3 is 21.5 Å². The maximum Gasteiger partial charge on any atom is 0.341 e. The fourth-order valence-electron chi connectivity index (χ4n) is 2.20. The normalized spacial score (nSPS) is 16.2. The summed E-state index contributed by atoms with van der Waals surface area (Å²) in [7, 11) is 0. The van der Waals surface area contributed by atoms with E-state index < -0.39 is 5.97 Å². The molecule has 5 heteroatoms. The SMILES string of the molecule is C1CCCCCC1.C=CCN/C(N)=C(/C=C(/C)N)C(=O)OCC. The Hall–Kier alpha value is -1.91. The Bertz CT molecular complexity index is 391. The fraction of sp³-hybridized carbons (Fsp3) is 0.611. The first kappa shape index (κ1) is 21.1. The summed E-state index contributed by atoms with van der Waals surface area (Å²) in [5.41, 5.74) is 11.9. The highest BCUT2D eigenvalue weighted by Gasteiger charge is 2.12. The van der Waals surface area contributed by atoms with Crippen LogP contribution in [0.15, 0.2) is 35.8 Å². The largest absolute Gasteiger partial charge is 0.462 e. The molecule has 0 atom stereocenters. The van der Waals surface area contributed by atoms with Crippen LogP contribution in [0.3, 0.4) is 0 Å². The van der Waals surface area contributed by atoms with Crippen molar-refractivity contribution in [1.82, 2.24) is 5.32 Å². The first-order valence-electron chi connectivity index (χ1n) is 8.48. The Labute approximate surface area is 140 Å². The number of hydrogen-bond acceptors (Lipinski definition) is 5. The van der Waals surface area contributed by atoms with Crippen molar-refractivity contribution in [2.75, 3.05) is 13.2 Å². The van der Waals surface area contributed by atoms with Gasteiger partial charge in [0.05, 0.1) is 6.61 Å². The van der Waals surface area contributed by atoms with E-state index in [0.29, 0.717) is 12.2 Å². The van der Waals surface area contributed by atoms with Crippen molar-refractivity contribution >= 4 is 5.97 Å². The van der Waals surface area contributed by atoms with Crippen molar-refractivity contribution in [2.24, 2.45) is 11.5 Å². The second kappa shape index (κ2) is 13.7. The highest BCUT2D eigenvalue weighted by atomic mass is 16.5. The van der Waals surface area contributed by atoms with E-state index in [4.69, 9.17) is 16.2 Å². The van der Waals surface area contributed by atoms with Crippen LogP contribution in [-0.2, 0) is 9.53 Å². The summed E-state index contributed by atoms with van der Waals surface area (Å²) < 4.78 is 4.86. The number of carbonyl (C=O) groups is 1. The predicted molar refractivity (Wildman–Crippen MR) is 96.3 cm³/mol. The van der Waals surface area contributed by atoms with Crippen molar-refractivity contribution in [3.05, 3.63) is 35.8 Å². The molecule has 0 bridgehead atoms. The van der Waals surface area contributed by atoms with E-state index in [0.717, 1.165) is 0 Å². The van der Waals surface area contributed by atoms with Gasteiger partial charge in [-0.1, -0.05) is 51.0 Å². The third-order valence-electron chi connectivity index (χ3n) is 3.34. The summed E-state index contributed by atoms with van der Waals surface area (Å²) in [6.45, 7) is 7.68. The smallest absolute Gasteiger partial charge is 0.341 e. The first-order valence-corrected chi connectivity index (χ1v) is 8.48. The molecule has 0 radical (unpaired) electrons. The molecule has 5 N–H and O–H groups in total. The molecular weight excluding hydrogens is 290 g/mol. The van der Waals surface area contributed by atoms with Gasteiger partial charge in [-0.15, -0.1) is 6.58 Å². The molecule has 1 saturated carbocycles. The molecular formula is C18H33N3O2. The van der Waals surface area contributed by atoms with E-state index in [1.54, 1.807) is 19.9 Å². The third kappa shape index (κ3) is 11.3. The van der Waals surface area contributed by atoms with Crippen LogP contribution < -0.4 is 16.8 Å². The van der Waals surface area contributed by atoms with Gasteiger partial charge in [-0.05, 0) is 19.9 Å². The van der Waals surface area contributed by atoms with E-state index in [9.17, 15) is 4.79 Å². The quantitative estimate of drug-likeness (QED) is 0.230. The molecule has 1 aliphatic carbocycles. The number of nitrogens with one attached hydrogen (secondary N) is 1. The second-order valence-corrected chi connectivity index (χ2v) is 5.58. The van der Waals surface area contributed by atoms with Crippen LogP contribution in [0.4, 0.5) is 0 Å². The van der Waals surface area contributed by atoms with Gasteiger partial charge in [-0.2, -0.15) is 0 Å². The minimum atomic E-state index is -0.499. The summed E-state index contributed by atoms with van der Waals surface area (Å²) in [4.78, 5) is 11.6. The Kier molecular flexibility index (Phi) is 12.6. The molecule has 0 aromatic carbocycles. The van der Waals surface area contributed by atoms with E-state index in [2.05, 4.69) is 11.9 Å². The predicted octanol–water partition coefficient (Wildman–Crippen LogP) is 3.09. The number of carbonyl (C=O) groups excluding carboxylic acids is 1. The van der Waals surface area contributed by atoms with Crippen LogP contribution in [0.5, 0.6) is 0 Å². The van der Waals surface area contributed by atoms with Crippen LogP contribution >= 0.6 is 0 Å². The van der Waals surface area contributed by atoms with Crippen molar-refractivity contribution in [3.8, 4) is 0 Å². The topological polar surface area (TPSA) is 90.4 Å². The van der Waals surface area contributed by atoms with E-state index >= 15 is 0 Å². The number of rotatable bonds is 6. The zero-order chi connectivity index (χ0) is 17.5. The highest BCUT2D eigenvalue weighted by Crippen LogP contribution is 2.15. The monoisotopic (exact) mass is 323 g/mol. The molecule has 0 aromatic heterocycles. The zero-order valence-corrected chi connectivity index (χ0v) is 14.7. The summed E-state index contributed by atoms with van der Waals surface area (Å²) in [6.07, 6.45) is 13.6. The summed E-state index contributed by atoms with van der Waals surface area (Å²) in [6, 6.07) is 0. The van der Waals surface area contributed by atoms with Gasteiger partial charge in [0.15, 0.2) is 0 Å². The van der Waals surface area contributed by atoms with Crippen LogP contribution in [0, 0.1) is 0 Å². The Morgan fingerprint density at radius 3 is 1.96 bits per heavy atom. The average molecular weight is 323 g/mol. The fourth-order valence-corrected chi connectivity index (χ4v) is 2.20. The molecule has 5 nitrogen and oxygen atoms in total. The van der Waals surface area contributed by atoms with Gasteiger partial charge in [-0.3, -0.25) is 0 Å². The lowest BCUT2D eigenvalue weighted by atomic mass is 10.2. The highest BCUT2D eigenvalue weighted by molar-refractivity contribution is 5.92. The van der Waals surface area contributed by atoms with Crippen LogP contribution in [-0.4, -0.2) is 19.1 Å². The molecule has 0 saturated heterocycles. The maximum absolute atomic E-state index is 11.6. The minimum absolute atomic E-state index is 0.225. The summed E-state index contributed by atoms with van der Waals surface area (Å²) >= 11 is 0. The first-order chi connectivity index (χ1) is 11.0. The minimum Gasteiger partial charge on any atom is -0.462 e. The number of allylic oxidation sites excluding steroid dienone is 1. The van der Waals surface area contributed by atoms with E-state index in [-0.39, 0.29) is 18.0 Å². The lowest BCUT2D eigenvalue weighted by molar-refractivity contribution is -0.138. The molecule has 0 heterocycles. The van der Waals surface area contributed by atoms with Gasteiger partial charge in [0.2, 0.25) is 0 Å². The standard InChI is InChI=1S/C11H19N3O2.C7H14/c1-4-6-14-10(13)9(7-8(3)12)11(15)16-5-2;1-2-4-6-7-5-3-1/h4,7,14H,1,5-6,12-13H2,2-3H3;1-7H2/b8-7-,10-9-;. The van der Waals surface area contributed by atoms with Crippen molar-refractivity contribution < 1.29 is 9.53 Å². The molecule has 0 aliphatic heterocycles. The molecule has 1 rings (SSSR count). The molecule has 0 amide bonds. The van der Waals surface area contributed by atoms with Crippen molar-refractivity contribution in [2.45, 2.75) is 58.8 Å². The van der Waals surface area contributed by atoms with Gasteiger partial charge in [0, 0.05) is 12.2 Å². The number of nitrogens with two attached hydrogens (primary N) is 2. The number of ether oxygens (including phenoxy) is 1. The molecule has 23 heavy (non-hydrogen) atoms. The number of esters is 1. The van der Waals surface area contributed by atoms with Crippen molar-refractivity contribution in [1.29, 1.82) is 0 Å². The van der Waals surface area contributed by atoms with Gasteiger partial charge >= 0.3 is 5.97 Å². The van der Waals surface area contributed by atoms with Gasteiger partial charge in [0.25, 0.3) is 0 Å². The Morgan fingerprint density at radius 1 is 1.13 bits per heavy atom. The zero-order valence-electron chi connectivity index (χ0n) is 14.7. The average Bonchev–Trinajstić information content (AvgIpc) is 2.83. The number of hydrogen-bond donors (Lipinski definition) is 3. The van der Waals surface area contributed by atoms with Gasteiger partial charge in [-0.25, -0.2) is 4.79 Å². The van der Waals surface area contributed by atoms with E-state index in [1.807, 2.05) is 0 Å². The van der Waals surface area contributed by atoms with Crippen LogP contribution in [0.1, 0.15) is 58.8 Å². The second-order valence-electron chi connectivity index (χ2n) is 5.58. The maximum atomic E-state index is 11.6. The van der Waals surface area contributed by atoms with Crippen LogP contribution in [0.25, 0.3) is 0 Å². The van der Waals surface area contributed by atoms with Crippen LogP contribution in [0.2, 0.25) is 0 Å². The van der Waals surface area contributed by atoms with Gasteiger partial charge in [0.1, 0.15) is 11.4 Å². The summed E-state index contributed by atoms with van der Waals surface area (Å²) in [5, 5.41) is 2.82. The molecule has 132 valence electrons. The van der Waals surface area contributed by atoms with E-state index in [1.165, 1.54) is 51.0 Å². The van der Waals surface area contributed by atoms with Crippen molar-refractivity contribution in [3.63, 3.8) is 0 Å². The molecule has 0 unspecified atom stereocenters. The molecule has 1 fully saturated rings. The lowest BCUT2D eigenvalue weighted by Crippen LogP contribution is -2.25. The Balaban J connectivity index is 0.000000568. The molecule has 0 spiro atoms. The Morgan fingerprint density at radius 2 is 1.61 bits per heavy atom. The summed E-state index contributed by atoms with van der Waals surface area (Å²) in [5.74, 6) is -0.274. The molecule has 0 aromatic rings. The molecule has 1 aliphatic rings. The third-order valence-corrected chi connectivity index (χ3v) is 3.34.